The lowest BCUT2D eigenvalue weighted by molar-refractivity contribution is -0.140. The average Bonchev–Trinajstić information content (AvgIpc) is 3.03. The van der Waals surface area contributed by atoms with Crippen LogP contribution < -0.4 is 4.74 Å². The molecule has 1 fully saturated rings. The van der Waals surface area contributed by atoms with Crippen LogP contribution in [-0.2, 0) is 19.7 Å². The fraction of sp³-hybridized carbons (Fsp3) is 0.423. The monoisotopic (exact) mass is 452 g/mol. The summed E-state index contributed by atoms with van der Waals surface area (Å²) in [6.07, 6.45) is 3.21. The first-order valence-electron chi connectivity index (χ1n) is 11.0. The Morgan fingerprint density at radius 3 is 2.52 bits per heavy atom. The second-order valence-electron chi connectivity index (χ2n) is 9.36. The topological polar surface area (TPSA) is 89.0 Å². The molecule has 1 amide bonds. The van der Waals surface area contributed by atoms with E-state index in [1.165, 1.54) is 12.0 Å². The van der Waals surface area contributed by atoms with Gasteiger partial charge in [0.05, 0.1) is 37.0 Å². The second-order valence-corrected chi connectivity index (χ2v) is 9.36. The van der Waals surface area contributed by atoms with E-state index in [1.807, 2.05) is 26.0 Å². The Bertz CT molecular complexity index is 1050. The summed E-state index contributed by atoms with van der Waals surface area (Å²) in [7, 11) is 1.50. The molecule has 2 heterocycles. The Morgan fingerprint density at radius 1 is 1.21 bits per heavy atom. The van der Waals surface area contributed by atoms with Crippen LogP contribution in [0.3, 0.4) is 0 Å². The first-order valence-corrected chi connectivity index (χ1v) is 11.0. The van der Waals surface area contributed by atoms with Crippen molar-refractivity contribution in [3.05, 3.63) is 65.0 Å². The van der Waals surface area contributed by atoms with Gasteiger partial charge in [-0.2, -0.15) is 0 Å². The SMILES string of the molecule is COc1ccc(C(C)(C)C)cc1/C(O)=C1\C(=O)C(=O)N(CCOC(C)C)C1c1cccnc1. The molecule has 1 aliphatic heterocycles. The lowest BCUT2D eigenvalue weighted by Gasteiger charge is -2.26. The molecular weight excluding hydrogens is 420 g/mol. The van der Waals surface area contributed by atoms with Crippen molar-refractivity contribution in [3.8, 4) is 5.75 Å². The minimum Gasteiger partial charge on any atom is -0.507 e. The zero-order valence-corrected chi connectivity index (χ0v) is 20.1. The van der Waals surface area contributed by atoms with Gasteiger partial charge in [-0.15, -0.1) is 0 Å². The smallest absolute Gasteiger partial charge is 0.295 e. The number of aromatic nitrogens is 1. The molecule has 0 bridgehead atoms. The predicted octanol–water partition coefficient (Wildman–Crippen LogP) is 4.23. The van der Waals surface area contributed by atoms with Crippen LogP contribution in [0.2, 0.25) is 0 Å². The minimum atomic E-state index is -0.780. The summed E-state index contributed by atoms with van der Waals surface area (Å²) in [5, 5.41) is 11.4. The van der Waals surface area contributed by atoms with E-state index >= 15 is 0 Å². The van der Waals surface area contributed by atoms with E-state index in [-0.39, 0.29) is 36.0 Å². The average molecular weight is 453 g/mol. The third-order valence-electron chi connectivity index (χ3n) is 5.64. The number of nitrogens with zero attached hydrogens (tertiary/aromatic N) is 2. The van der Waals surface area contributed by atoms with Crippen molar-refractivity contribution < 1.29 is 24.2 Å². The van der Waals surface area contributed by atoms with Crippen LogP contribution in [0.25, 0.3) is 5.76 Å². The van der Waals surface area contributed by atoms with Gasteiger partial charge in [-0.25, -0.2) is 0 Å². The molecule has 0 radical (unpaired) electrons. The number of Topliss-reactive ketones (excluding diaryl/α,β-unsaturated/α-hetero) is 1. The molecule has 0 aliphatic carbocycles. The van der Waals surface area contributed by atoms with Gasteiger partial charge in [0.1, 0.15) is 11.5 Å². The summed E-state index contributed by atoms with van der Waals surface area (Å²) < 4.78 is 11.1. The standard InChI is InChI=1S/C26H32N2O5/c1-16(2)33-13-12-28-22(17-8-7-11-27-15-17)21(24(30)25(28)31)23(29)19-14-18(26(3,4)5)9-10-20(19)32-6/h7-11,14-16,22,29H,12-13H2,1-6H3/b23-21+. The number of hydrogen-bond acceptors (Lipinski definition) is 6. The Kier molecular flexibility index (Phi) is 7.22. The number of likely N-dealkylation sites (tertiary alicyclic amines) is 1. The first-order chi connectivity index (χ1) is 15.6. The van der Waals surface area contributed by atoms with Crippen LogP contribution in [0.15, 0.2) is 48.3 Å². The predicted molar refractivity (Wildman–Crippen MR) is 126 cm³/mol. The fourth-order valence-corrected chi connectivity index (χ4v) is 3.89. The number of methoxy groups -OCH3 is 1. The van der Waals surface area contributed by atoms with Gasteiger partial charge in [0.2, 0.25) is 0 Å². The van der Waals surface area contributed by atoms with Crippen LogP contribution in [0, 0.1) is 0 Å². The summed E-state index contributed by atoms with van der Waals surface area (Å²) in [5.74, 6) is -1.27. The molecule has 1 aromatic carbocycles. The van der Waals surface area contributed by atoms with Gasteiger partial charge in [0.25, 0.3) is 11.7 Å². The number of rotatable bonds is 7. The molecule has 1 unspecified atom stereocenters. The molecule has 1 atom stereocenters. The number of ether oxygens (including phenoxy) is 2. The van der Waals surface area contributed by atoms with Gasteiger partial charge in [-0.1, -0.05) is 32.9 Å². The summed E-state index contributed by atoms with van der Waals surface area (Å²) in [6.45, 7) is 10.5. The first kappa shape index (κ1) is 24.5. The van der Waals surface area contributed by atoms with E-state index in [1.54, 1.807) is 30.6 Å². The highest BCUT2D eigenvalue weighted by molar-refractivity contribution is 6.46. The van der Waals surface area contributed by atoms with Gasteiger partial charge in [0, 0.05) is 18.9 Å². The molecule has 1 N–H and O–H groups in total. The Balaban J connectivity index is 2.18. The number of carbonyl (C=O) groups excluding carboxylic acids is 2. The van der Waals surface area contributed by atoms with Crippen LogP contribution in [0.1, 0.15) is 57.4 Å². The van der Waals surface area contributed by atoms with Crippen LogP contribution in [0.4, 0.5) is 0 Å². The lowest BCUT2D eigenvalue weighted by Crippen LogP contribution is -2.33. The van der Waals surface area contributed by atoms with Crippen LogP contribution >= 0.6 is 0 Å². The number of hydrogen-bond donors (Lipinski definition) is 1. The van der Waals surface area contributed by atoms with E-state index in [4.69, 9.17) is 9.47 Å². The molecule has 2 aromatic rings. The third kappa shape index (κ3) is 5.09. The zero-order valence-electron chi connectivity index (χ0n) is 20.1. The van der Waals surface area contributed by atoms with Crippen molar-refractivity contribution in [1.82, 2.24) is 9.88 Å². The number of aliphatic hydroxyl groups excluding tert-OH is 1. The molecule has 3 rings (SSSR count). The summed E-state index contributed by atoms with van der Waals surface area (Å²) >= 11 is 0. The Morgan fingerprint density at radius 2 is 1.94 bits per heavy atom. The molecule has 1 aromatic heterocycles. The maximum Gasteiger partial charge on any atom is 0.295 e. The van der Waals surface area contributed by atoms with Crippen molar-refractivity contribution in [2.24, 2.45) is 0 Å². The number of aliphatic hydroxyl groups is 1. The van der Waals surface area contributed by atoms with Gasteiger partial charge < -0.3 is 19.5 Å². The van der Waals surface area contributed by atoms with Crippen molar-refractivity contribution >= 4 is 17.4 Å². The fourth-order valence-electron chi connectivity index (χ4n) is 3.89. The highest BCUT2D eigenvalue weighted by atomic mass is 16.5. The van der Waals surface area contributed by atoms with Gasteiger partial charge in [-0.3, -0.25) is 14.6 Å². The molecule has 1 aliphatic rings. The van der Waals surface area contributed by atoms with E-state index in [0.717, 1.165) is 5.56 Å². The third-order valence-corrected chi connectivity index (χ3v) is 5.64. The molecule has 7 heteroatoms. The summed E-state index contributed by atoms with van der Waals surface area (Å²) in [6, 6.07) is 8.25. The Hall–Kier alpha value is -3.19. The van der Waals surface area contributed by atoms with Crippen molar-refractivity contribution in [1.29, 1.82) is 0 Å². The normalized spacial score (nSPS) is 18.3. The van der Waals surface area contributed by atoms with Gasteiger partial charge >= 0.3 is 0 Å². The molecule has 0 saturated carbocycles. The van der Waals surface area contributed by atoms with E-state index < -0.39 is 17.7 Å². The number of pyridine rings is 1. The summed E-state index contributed by atoms with van der Waals surface area (Å²) in [4.78, 5) is 31.8. The highest BCUT2D eigenvalue weighted by Crippen LogP contribution is 2.41. The number of ketones is 1. The molecule has 1 saturated heterocycles. The van der Waals surface area contributed by atoms with E-state index in [2.05, 4.69) is 25.8 Å². The maximum absolute atomic E-state index is 13.2. The summed E-state index contributed by atoms with van der Waals surface area (Å²) in [5.41, 5.74) is 1.79. The molecule has 0 spiro atoms. The lowest BCUT2D eigenvalue weighted by atomic mass is 9.85. The van der Waals surface area contributed by atoms with E-state index in [9.17, 15) is 14.7 Å². The molecular formula is C26H32N2O5. The molecule has 176 valence electrons. The van der Waals surface area contributed by atoms with Crippen molar-refractivity contribution in [2.75, 3.05) is 20.3 Å². The minimum absolute atomic E-state index is 0.0111. The quantitative estimate of drug-likeness (QED) is 0.384. The Labute approximate surface area is 195 Å². The second kappa shape index (κ2) is 9.75. The van der Waals surface area contributed by atoms with Gasteiger partial charge in [-0.05, 0) is 48.6 Å². The number of carbonyl (C=O) groups is 2. The van der Waals surface area contributed by atoms with Crippen molar-refractivity contribution in [2.45, 2.75) is 52.2 Å². The van der Waals surface area contributed by atoms with E-state index in [0.29, 0.717) is 16.9 Å². The number of amides is 1. The van der Waals surface area contributed by atoms with Crippen LogP contribution in [0.5, 0.6) is 5.75 Å². The van der Waals surface area contributed by atoms with Gasteiger partial charge in [0.15, 0.2) is 0 Å². The molecule has 33 heavy (non-hydrogen) atoms. The largest absolute Gasteiger partial charge is 0.507 e. The zero-order chi connectivity index (χ0) is 24.3. The number of benzene rings is 1. The maximum atomic E-state index is 13.2. The van der Waals surface area contributed by atoms with Crippen LogP contribution in [-0.4, -0.2) is 53.0 Å². The van der Waals surface area contributed by atoms with Crippen molar-refractivity contribution in [3.63, 3.8) is 0 Å². The molecule has 7 nitrogen and oxygen atoms in total. The highest BCUT2D eigenvalue weighted by Gasteiger charge is 2.46.